The highest BCUT2D eigenvalue weighted by Crippen LogP contribution is 2.50. The molecule has 0 saturated carbocycles. The molecule has 0 saturated heterocycles. The second-order valence-electron chi connectivity index (χ2n) is 13.7. The van der Waals surface area contributed by atoms with Crippen molar-refractivity contribution in [3.63, 3.8) is 0 Å². The number of hydrogen-bond acceptors (Lipinski definition) is 5. The van der Waals surface area contributed by atoms with Crippen LogP contribution in [0.3, 0.4) is 0 Å². The predicted octanol–water partition coefficient (Wildman–Crippen LogP) is 5.15. The van der Waals surface area contributed by atoms with E-state index < -0.39 is 10.2 Å². The average Bonchev–Trinajstić information content (AvgIpc) is 3.35. The molecule has 3 aliphatic rings. The van der Waals surface area contributed by atoms with Gasteiger partial charge in [-0.25, -0.2) is 18.6 Å². The Hall–Kier alpha value is -4.04. The first kappa shape index (κ1) is 32.9. The van der Waals surface area contributed by atoms with Crippen molar-refractivity contribution in [3.05, 3.63) is 131 Å². The van der Waals surface area contributed by atoms with Gasteiger partial charge in [-0.3, -0.25) is 0 Å². The topological polar surface area (TPSA) is 98.5 Å². The molecule has 7 rings (SSSR count). The van der Waals surface area contributed by atoms with E-state index in [9.17, 15) is 0 Å². The third kappa shape index (κ3) is 6.20. The first-order valence-electron chi connectivity index (χ1n) is 16.0. The van der Waals surface area contributed by atoms with Crippen LogP contribution in [0.1, 0.15) is 58.1 Å². The summed E-state index contributed by atoms with van der Waals surface area (Å²) in [6.07, 6.45) is 15.3. The van der Waals surface area contributed by atoms with Crippen molar-refractivity contribution < 1.29 is 33.5 Å². The van der Waals surface area contributed by atoms with Crippen LogP contribution in [0, 0.1) is 10.2 Å². The molecular formula is C40H41ClN2O4. The van der Waals surface area contributed by atoms with Crippen LogP contribution >= 0.6 is 0 Å². The molecule has 47 heavy (non-hydrogen) atoms. The number of likely N-dealkylation sites (N-methyl/N-ethyl adjacent to an activating group) is 1. The summed E-state index contributed by atoms with van der Waals surface area (Å²) in [7, 11) is -0.508. The summed E-state index contributed by atoms with van der Waals surface area (Å²) in [6, 6.07) is 26.7. The minimum atomic E-state index is -4.94. The Kier molecular flexibility index (Phi) is 8.54. The molecule has 0 aromatic heterocycles. The number of nitrogens with zero attached hydrogens (tertiary/aromatic N) is 2. The third-order valence-electron chi connectivity index (χ3n) is 10.0. The van der Waals surface area contributed by atoms with Crippen LogP contribution in [-0.2, 0) is 10.8 Å². The van der Waals surface area contributed by atoms with Gasteiger partial charge >= 0.3 is 0 Å². The number of benzene rings is 4. The molecule has 0 bridgehead atoms. The lowest BCUT2D eigenvalue weighted by Crippen LogP contribution is -2.68. The Morgan fingerprint density at radius 1 is 0.723 bits per heavy atom. The molecule has 242 valence electrons. The molecule has 1 aliphatic carbocycles. The first-order chi connectivity index (χ1) is 22.2. The van der Waals surface area contributed by atoms with Gasteiger partial charge in [0.25, 0.3) is 0 Å². The molecule has 0 N–H and O–H groups in total. The minimum Gasteiger partial charge on any atom is -0.347 e. The van der Waals surface area contributed by atoms with Gasteiger partial charge in [0.2, 0.25) is 5.69 Å². The van der Waals surface area contributed by atoms with Crippen molar-refractivity contribution in [2.75, 3.05) is 19.0 Å². The van der Waals surface area contributed by atoms with Crippen molar-refractivity contribution in [3.8, 4) is 0 Å². The molecule has 0 amide bonds. The first-order valence-corrected chi connectivity index (χ1v) is 17.2. The summed E-state index contributed by atoms with van der Waals surface area (Å²) in [5.74, 6) is 0. The summed E-state index contributed by atoms with van der Waals surface area (Å²) in [6.45, 7) is 9.48. The summed E-state index contributed by atoms with van der Waals surface area (Å²) in [5, 5.41) is 5.35. The van der Waals surface area contributed by atoms with E-state index in [1.807, 2.05) is 0 Å². The van der Waals surface area contributed by atoms with Gasteiger partial charge in [-0.2, -0.15) is 4.58 Å². The molecule has 2 aliphatic heterocycles. The number of allylic oxidation sites excluding steroid dienone is 8. The lowest BCUT2D eigenvalue weighted by Gasteiger charge is -2.24. The van der Waals surface area contributed by atoms with E-state index in [2.05, 4.69) is 154 Å². The Balaban J connectivity index is 0.000000720. The lowest BCUT2D eigenvalue weighted by atomic mass is 9.79. The van der Waals surface area contributed by atoms with E-state index in [-0.39, 0.29) is 10.8 Å². The van der Waals surface area contributed by atoms with Crippen LogP contribution in [0.25, 0.3) is 21.5 Å². The second kappa shape index (κ2) is 12.2. The van der Waals surface area contributed by atoms with Gasteiger partial charge in [-0.15, -0.1) is 10.2 Å². The van der Waals surface area contributed by atoms with E-state index in [1.165, 1.54) is 73.0 Å². The summed E-state index contributed by atoms with van der Waals surface area (Å²) >= 11 is 0. The SMILES string of the molecule is CN1/C(=C/C=C2C=C(/C=C/C3=[N+](C)c4ccc5ccccc5c4C3(C)C)CCC/2)C(C)(C)c2c1ccc1ccccc21.[O-][Cl+3]([O-])([O-])[O-]. The molecule has 0 atom stereocenters. The quantitative estimate of drug-likeness (QED) is 0.286. The zero-order valence-electron chi connectivity index (χ0n) is 27.8. The Morgan fingerprint density at radius 2 is 1.32 bits per heavy atom. The van der Waals surface area contributed by atoms with E-state index >= 15 is 0 Å². The zero-order valence-corrected chi connectivity index (χ0v) is 28.6. The zero-order chi connectivity index (χ0) is 33.7. The van der Waals surface area contributed by atoms with Crippen LogP contribution in [0.15, 0.2) is 120 Å². The normalized spacial score (nSPS) is 20.2. The smallest absolute Gasteiger partial charge is 0.210 e. The fraction of sp³-hybridized carbons (Fsp3) is 0.275. The summed E-state index contributed by atoms with van der Waals surface area (Å²) < 4.78 is 36.4. The number of rotatable bonds is 3. The van der Waals surface area contributed by atoms with E-state index in [0.717, 1.165) is 12.8 Å². The van der Waals surface area contributed by atoms with Crippen LogP contribution < -0.4 is 23.5 Å². The number of halogens is 1. The Morgan fingerprint density at radius 3 is 1.98 bits per heavy atom. The number of fused-ring (bicyclic) bond motifs is 6. The van der Waals surface area contributed by atoms with E-state index in [1.54, 1.807) is 0 Å². The van der Waals surface area contributed by atoms with Crippen LogP contribution in [0.4, 0.5) is 11.4 Å². The molecule has 7 heteroatoms. The molecule has 2 heterocycles. The van der Waals surface area contributed by atoms with Gasteiger partial charge in [0.05, 0.1) is 5.41 Å². The second-order valence-corrected chi connectivity index (χ2v) is 14.4. The van der Waals surface area contributed by atoms with Crippen molar-refractivity contribution in [2.24, 2.45) is 0 Å². The van der Waals surface area contributed by atoms with Crippen molar-refractivity contribution in [1.29, 1.82) is 0 Å². The highest BCUT2D eigenvalue weighted by Gasteiger charge is 2.44. The van der Waals surface area contributed by atoms with Crippen molar-refractivity contribution in [2.45, 2.75) is 57.8 Å². The van der Waals surface area contributed by atoms with E-state index in [0.29, 0.717) is 0 Å². The van der Waals surface area contributed by atoms with Gasteiger partial charge < -0.3 is 4.90 Å². The third-order valence-corrected chi connectivity index (χ3v) is 10.0. The van der Waals surface area contributed by atoms with E-state index in [4.69, 9.17) is 18.6 Å². The number of anilines is 1. The summed E-state index contributed by atoms with van der Waals surface area (Å²) in [4.78, 5) is 2.39. The molecule has 0 unspecified atom stereocenters. The largest absolute Gasteiger partial charge is 0.347 e. The molecule has 0 fully saturated rings. The highest BCUT2D eigenvalue weighted by atomic mass is 35.7. The molecule has 4 aromatic rings. The summed E-state index contributed by atoms with van der Waals surface area (Å²) in [5.41, 5.74) is 10.9. The highest BCUT2D eigenvalue weighted by molar-refractivity contribution is 6.07. The van der Waals surface area contributed by atoms with Gasteiger partial charge in [0.1, 0.15) is 7.05 Å². The standard InChI is InChI=1S/C40H41N2.ClHO4/c1-39(2)35(41(5)33-22-20-29-14-7-9-16-31(29)37(33)39)24-18-27-12-11-13-28(26-27)19-25-36-40(3,4)38-32-17-10-8-15-30(32)21-23-34(38)42(36)6;2-1(3,4)5/h7-10,14-26H,11-13H2,1-6H3;(H,2,3,4,5)/q+1;/p-1. The fourth-order valence-corrected chi connectivity index (χ4v) is 7.90. The lowest BCUT2D eigenvalue weighted by molar-refractivity contribution is -2.00. The Bertz CT molecular complexity index is 2040. The van der Waals surface area contributed by atoms with Crippen molar-refractivity contribution >= 4 is 38.6 Å². The predicted molar refractivity (Wildman–Crippen MR) is 180 cm³/mol. The van der Waals surface area contributed by atoms with Gasteiger partial charge in [-0.05, 0) is 89.6 Å². The maximum Gasteiger partial charge on any atom is 0.210 e. The maximum atomic E-state index is 8.49. The average molecular weight is 649 g/mol. The minimum absolute atomic E-state index is 0.0580. The van der Waals surface area contributed by atoms with Gasteiger partial charge in [0, 0.05) is 41.6 Å². The monoisotopic (exact) mass is 648 g/mol. The maximum absolute atomic E-state index is 8.49. The molecule has 4 aromatic carbocycles. The molecule has 0 spiro atoms. The van der Waals surface area contributed by atoms with Crippen molar-refractivity contribution in [1.82, 2.24) is 0 Å². The van der Waals surface area contributed by atoms with Crippen LogP contribution in [0.5, 0.6) is 0 Å². The van der Waals surface area contributed by atoms with Crippen LogP contribution in [-0.4, -0.2) is 24.4 Å². The van der Waals surface area contributed by atoms with Gasteiger partial charge in [0.15, 0.2) is 5.71 Å². The van der Waals surface area contributed by atoms with Gasteiger partial charge in [-0.1, -0.05) is 86.7 Å². The fourth-order valence-electron chi connectivity index (χ4n) is 7.90. The number of hydrogen-bond donors (Lipinski definition) is 0. The molecular weight excluding hydrogens is 608 g/mol. The molecule has 6 nitrogen and oxygen atoms in total. The molecule has 0 radical (unpaired) electrons. The van der Waals surface area contributed by atoms with Crippen LogP contribution in [0.2, 0.25) is 0 Å². The Labute approximate surface area is 279 Å².